The Morgan fingerprint density at radius 2 is 2.07 bits per heavy atom. The van der Waals surface area contributed by atoms with Gasteiger partial charge in [0, 0.05) is 0 Å². The quantitative estimate of drug-likeness (QED) is 0.328. The van der Waals surface area contributed by atoms with E-state index in [1.807, 2.05) is 0 Å². The van der Waals surface area contributed by atoms with Crippen molar-refractivity contribution < 1.29 is 14.5 Å². The summed E-state index contributed by atoms with van der Waals surface area (Å²) in [5.41, 5.74) is 0.0256. The Hall–Kier alpha value is -2.04. The van der Waals surface area contributed by atoms with Crippen molar-refractivity contribution in [1.29, 1.82) is 0 Å². The first-order valence-electron chi connectivity index (χ1n) is 4.23. The average Bonchev–Trinajstić information content (AvgIpc) is 2.16. The van der Waals surface area contributed by atoms with Gasteiger partial charge in [-0.1, -0.05) is 6.07 Å². The molecule has 0 saturated carbocycles. The van der Waals surface area contributed by atoms with Crippen LogP contribution < -0.4 is 0 Å². The van der Waals surface area contributed by atoms with Crippen molar-refractivity contribution >= 4 is 17.8 Å². The van der Waals surface area contributed by atoms with Crippen molar-refractivity contribution in [1.82, 2.24) is 0 Å². The van der Waals surface area contributed by atoms with Crippen LogP contribution in [0.2, 0.25) is 0 Å². The van der Waals surface area contributed by atoms with Gasteiger partial charge in [-0.2, -0.15) is 0 Å². The molecule has 5 heteroatoms. The van der Waals surface area contributed by atoms with Gasteiger partial charge in [0.2, 0.25) is 0 Å². The number of hydrogen-bond donors (Lipinski definition) is 0. The monoisotopic (exact) mass is 207 g/mol. The fraction of sp³-hybridized carbons (Fsp3) is 0.200. The highest BCUT2D eigenvalue weighted by molar-refractivity contribution is 6.02. The molecule has 15 heavy (non-hydrogen) atoms. The maximum Gasteiger partial charge on any atom is 0.290 e. The van der Waals surface area contributed by atoms with Gasteiger partial charge in [-0.05, 0) is 25.5 Å². The highest BCUT2D eigenvalue weighted by Gasteiger charge is 2.23. The Kier molecular flexibility index (Phi) is 2.94. The number of aryl methyl sites for hydroxylation is 1. The molecule has 0 bridgehead atoms. The Balaban J connectivity index is 3.65. The predicted octanol–water partition coefficient (Wildman–Crippen LogP) is 1.92. The van der Waals surface area contributed by atoms with Gasteiger partial charge >= 0.3 is 0 Å². The summed E-state index contributed by atoms with van der Waals surface area (Å²) in [5, 5.41) is 10.8. The van der Waals surface area contributed by atoms with E-state index in [1.165, 1.54) is 19.1 Å². The van der Waals surface area contributed by atoms with E-state index in [0.717, 1.165) is 0 Å². The van der Waals surface area contributed by atoms with E-state index in [9.17, 15) is 19.7 Å². The summed E-state index contributed by atoms with van der Waals surface area (Å²) >= 11 is 0. The molecule has 0 fully saturated rings. The third-order valence-corrected chi connectivity index (χ3v) is 2.08. The van der Waals surface area contributed by atoms with E-state index in [1.54, 1.807) is 6.92 Å². The van der Waals surface area contributed by atoms with E-state index in [2.05, 4.69) is 0 Å². The van der Waals surface area contributed by atoms with Crippen LogP contribution in [0.1, 0.15) is 33.2 Å². The molecule has 1 aromatic carbocycles. The van der Waals surface area contributed by atoms with E-state index < -0.39 is 16.4 Å². The van der Waals surface area contributed by atoms with E-state index in [0.29, 0.717) is 11.8 Å². The molecule has 0 aromatic heterocycles. The van der Waals surface area contributed by atoms with E-state index >= 15 is 0 Å². The number of carbonyl (C=O) groups is 2. The fourth-order valence-corrected chi connectivity index (χ4v) is 1.44. The standard InChI is InChI=1S/C10H9NO4/c1-6-3-4-8(5-12)10(11(14)15)9(6)7(2)13/h3-5H,1-2H3. The molecule has 1 rings (SSSR count). The number of ketones is 1. The van der Waals surface area contributed by atoms with E-state index in [-0.39, 0.29) is 11.1 Å². The second kappa shape index (κ2) is 4.00. The normalized spacial score (nSPS) is 9.73. The fourth-order valence-electron chi connectivity index (χ4n) is 1.44. The number of nitro groups is 1. The second-order valence-corrected chi connectivity index (χ2v) is 3.13. The molecule has 0 saturated heterocycles. The van der Waals surface area contributed by atoms with Crippen LogP contribution in [-0.4, -0.2) is 17.0 Å². The molecule has 0 unspecified atom stereocenters. The molecule has 0 spiro atoms. The van der Waals surface area contributed by atoms with Gasteiger partial charge in [0.05, 0.1) is 16.1 Å². The van der Waals surface area contributed by atoms with Crippen LogP contribution in [-0.2, 0) is 0 Å². The number of carbonyl (C=O) groups excluding carboxylic acids is 2. The van der Waals surface area contributed by atoms with Crippen LogP contribution in [0.15, 0.2) is 12.1 Å². The number of aldehydes is 1. The minimum atomic E-state index is -0.701. The molecule has 1 aromatic rings. The molecule has 0 aliphatic carbocycles. The second-order valence-electron chi connectivity index (χ2n) is 3.13. The number of Topliss-reactive ketones (excluding diaryl/α,β-unsaturated/α-hetero) is 1. The lowest BCUT2D eigenvalue weighted by molar-refractivity contribution is -0.385. The van der Waals surface area contributed by atoms with Gasteiger partial charge in [0.25, 0.3) is 5.69 Å². The van der Waals surface area contributed by atoms with Crippen LogP contribution in [0.5, 0.6) is 0 Å². The van der Waals surface area contributed by atoms with Crippen molar-refractivity contribution in [3.63, 3.8) is 0 Å². The first-order chi connectivity index (χ1) is 6.99. The summed E-state index contributed by atoms with van der Waals surface area (Å²) < 4.78 is 0. The highest BCUT2D eigenvalue weighted by Crippen LogP contribution is 2.26. The van der Waals surface area contributed by atoms with Crippen molar-refractivity contribution in [3.05, 3.63) is 38.9 Å². The zero-order valence-corrected chi connectivity index (χ0v) is 8.31. The summed E-state index contributed by atoms with van der Waals surface area (Å²) in [5.74, 6) is -0.414. The van der Waals surface area contributed by atoms with Crippen molar-refractivity contribution in [3.8, 4) is 0 Å². The van der Waals surface area contributed by atoms with Crippen molar-refractivity contribution in [2.75, 3.05) is 0 Å². The van der Waals surface area contributed by atoms with Gasteiger partial charge < -0.3 is 0 Å². The maximum atomic E-state index is 11.2. The molecular weight excluding hydrogens is 198 g/mol. The van der Waals surface area contributed by atoms with Gasteiger partial charge in [0.1, 0.15) is 0 Å². The Bertz CT molecular complexity index is 451. The van der Waals surface area contributed by atoms with Gasteiger partial charge in [-0.25, -0.2) is 0 Å². The molecule has 78 valence electrons. The third kappa shape index (κ3) is 1.90. The number of benzene rings is 1. The smallest absolute Gasteiger partial charge is 0.290 e. The Morgan fingerprint density at radius 1 is 1.47 bits per heavy atom. The molecule has 0 aliphatic rings. The SMILES string of the molecule is CC(=O)c1c(C)ccc(C=O)c1[N+](=O)[O-]. The Labute approximate surface area is 85.9 Å². The first-order valence-corrected chi connectivity index (χ1v) is 4.23. The zero-order chi connectivity index (χ0) is 11.6. The third-order valence-electron chi connectivity index (χ3n) is 2.08. The molecule has 5 nitrogen and oxygen atoms in total. The maximum absolute atomic E-state index is 11.2. The zero-order valence-electron chi connectivity index (χ0n) is 8.31. The molecule has 0 radical (unpaired) electrons. The predicted molar refractivity (Wildman–Crippen MR) is 53.2 cm³/mol. The number of nitro benzene ring substituents is 1. The number of nitrogens with zero attached hydrogens (tertiary/aromatic N) is 1. The number of hydrogen-bond acceptors (Lipinski definition) is 4. The number of rotatable bonds is 3. The summed E-state index contributed by atoms with van der Waals surface area (Å²) in [4.78, 5) is 31.9. The van der Waals surface area contributed by atoms with Gasteiger partial charge in [0.15, 0.2) is 12.1 Å². The molecular formula is C10H9NO4. The minimum Gasteiger partial charge on any atom is -0.298 e. The van der Waals surface area contributed by atoms with Crippen LogP contribution in [0.4, 0.5) is 5.69 Å². The van der Waals surface area contributed by atoms with Crippen molar-refractivity contribution in [2.45, 2.75) is 13.8 Å². The molecule has 0 atom stereocenters. The van der Waals surface area contributed by atoms with Crippen LogP contribution in [0.3, 0.4) is 0 Å². The lowest BCUT2D eigenvalue weighted by Gasteiger charge is -2.04. The van der Waals surface area contributed by atoms with Crippen LogP contribution in [0.25, 0.3) is 0 Å². The summed E-state index contributed by atoms with van der Waals surface area (Å²) in [7, 11) is 0. The van der Waals surface area contributed by atoms with Crippen LogP contribution in [0, 0.1) is 17.0 Å². The first kappa shape index (κ1) is 11.0. The van der Waals surface area contributed by atoms with Crippen molar-refractivity contribution in [2.24, 2.45) is 0 Å². The Morgan fingerprint density at radius 3 is 2.47 bits per heavy atom. The van der Waals surface area contributed by atoms with E-state index in [4.69, 9.17) is 0 Å². The highest BCUT2D eigenvalue weighted by atomic mass is 16.6. The summed E-state index contributed by atoms with van der Waals surface area (Å²) in [6.45, 7) is 2.84. The molecule has 0 heterocycles. The topological polar surface area (TPSA) is 77.3 Å². The lowest BCUT2D eigenvalue weighted by Crippen LogP contribution is -2.06. The minimum absolute atomic E-state index is 0.00426. The summed E-state index contributed by atoms with van der Waals surface area (Å²) in [6.07, 6.45) is 0.379. The summed E-state index contributed by atoms with van der Waals surface area (Å²) in [6, 6.07) is 2.86. The lowest BCUT2D eigenvalue weighted by atomic mass is 9.99. The average molecular weight is 207 g/mol. The van der Waals surface area contributed by atoms with Crippen LogP contribution >= 0.6 is 0 Å². The molecule has 0 aliphatic heterocycles. The van der Waals surface area contributed by atoms with Gasteiger partial charge in [-0.15, -0.1) is 0 Å². The molecule has 0 N–H and O–H groups in total. The largest absolute Gasteiger partial charge is 0.298 e. The van der Waals surface area contributed by atoms with Gasteiger partial charge in [-0.3, -0.25) is 19.7 Å². The molecule has 0 amide bonds.